The molecule has 0 bridgehead atoms. The molecule has 6 nitrogen and oxygen atoms in total. The van der Waals surface area contributed by atoms with Gasteiger partial charge < -0.3 is 10.0 Å². The van der Waals surface area contributed by atoms with Gasteiger partial charge in [0.25, 0.3) is 0 Å². The molecule has 0 aliphatic carbocycles. The second kappa shape index (κ2) is 9.77. The number of carbonyl (C=O) groups is 1. The van der Waals surface area contributed by atoms with Crippen LogP contribution in [0.5, 0.6) is 0 Å². The third-order valence-corrected chi connectivity index (χ3v) is 5.95. The maximum atomic E-state index is 12.3. The second-order valence-corrected chi connectivity index (χ2v) is 8.26. The molecule has 1 aromatic carbocycles. The number of hydrogen-bond donors (Lipinski definition) is 2. The van der Waals surface area contributed by atoms with Gasteiger partial charge in [-0.1, -0.05) is 19.3 Å². The SMILES string of the molecule is O=C(O)CCCCNS(=O)(=O)c1ccc(N2CCCCCCC2)cc1. The molecule has 1 aromatic rings. The highest BCUT2D eigenvalue weighted by atomic mass is 32.2. The number of anilines is 1. The van der Waals surface area contributed by atoms with Crippen molar-refractivity contribution < 1.29 is 18.3 Å². The molecule has 0 spiro atoms. The van der Waals surface area contributed by atoms with E-state index in [0.29, 0.717) is 12.8 Å². The molecule has 0 aromatic heterocycles. The second-order valence-electron chi connectivity index (χ2n) is 6.50. The van der Waals surface area contributed by atoms with E-state index >= 15 is 0 Å². The Labute approximate surface area is 150 Å². The van der Waals surface area contributed by atoms with Crippen LogP contribution in [0.1, 0.15) is 51.4 Å². The van der Waals surface area contributed by atoms with Crippen LogP contribution in [0, 0.1) is 0 Å². The van der Waals surface area contributed by atoms with Gasteiger partial charge in [-0.15, -0.1) is 0 Å². The van der Waals surface area contributed by atoms with E-state index in [9.17, 15) is 13.2 Å². The Morgan fingerprint density at radius 3 is 2.20 bits per heavy atom. The predicted octanol–water partition coefficient (Wildman–Crippen LogP) is 2.99. The fraction of sp³-hybridized carbons (Fsp3) is 0.611. The van der Waals surface area contributed by atoms with Gasteiger partial charge in [0.2, 0.25) is 10.0 Å². The lowest BCUT2D eigenvalue weighted by molar-refractivity contribution is -0.137. The van der Waals surface area contributed by atoms with E-state index in [2.05, 4.69) is 9.62 Å². The van der Waals surface area contributed by atoms with Crippen LogP contribution in [-0.2, 0) is 14.8 Å². The van der Waals surface area contributed by atoms with Gasteiger partial charge in [-0.3, -0.25) is 4.79 Å². The molecule has 1 fully saturated rings. The van der Waals surface area contributed by atoms with Gasteiger partial charge in [0.15, 0.2) is 0 Å². The Morgan fingerprint density at radius 1 is 1.00 bits per heavy atom. The van der Waals surface area contributed by atoms with E-state index in [1.165, 1.54) is 32.1 Å². The zero-order valence-electron chi connectivity index (χ0n) is 14.6. The molecule has 1 saturated heterocycles. The lowest BCUT2D eigenvalue weighted by Crippen LogP contribution is -2.27. The largest absolute Gasteiger partial charge is 0.481 e. The fourth-order valence-electron chi connectivity index (χ4n) is 3.03. The van der Waals surface area contributed by atoms with Crippen molar-refractivity contribution in [2.45, 2.75) is 56.3 Å². The molecule has 0 amide bonds. The van der Waals surface area contributed by atoms with E-state index in [0.717, 1.165) is 18.8 Å². The Morgan fingerprint density at radius 2 is 1.60 bits per heavy atom. The summed E-state index contributed by atoms with van der Waals surface area (Å²) in [5.41, 5.74) is 1.07. The first-order valence-corrected chi connectivity index (χ1v) is 10.5. The van der Waals surface area contributed by atoms with Gasteiger partial charge >= 0.3 is 5.97 Å². The number of hydrogen-bond acceptors (Lipinski definition) is 4. The summed E-state index contributed by atoms with van der Waals surface area (Å²) >= 11 is 0. The van der Waals surface area contributed by atoms with Gasteiger partial charge in [-0.2, -0.15) is 0 Å². The number of sulfonamides is 1. The quantitative estimate of drug-likeness (QED) is 0.689. The van der Waals surface area contributed by atoms with Gasteiger partial charge in [0.05, 0.1) is 4.90 Å². The van der Waals surface area contributed by atoms with Crippen LogP contribution < -0.4 is 9.62 Å². The average Bonchev–Trinajstić information content (AvgIpc) is 2.54. The number of unbranched alkanes of at least 4 members (excludes halogenated alkanes) is 1. The smallest absolute Gasteiger partial charge is 0.303 e. The molecular formula is C18H28N2O4S. The topological polar surface area (TPSA) is 86.7 Å². The number of nitrogens with one attached hydrogen (secondary N) is 1. The van der Waals surface area contributed by atoms with Crippen molar-refractivity contribution in [2.24, 2.45) is 0 Å². The summed E-state index contributed by atoms with van der Waals surface area (Å²) in [6.07, 6.45) is 7.22. The Balaban J connectivity index is 1.89. The summed E-state index contributed by atoms with van der Waals surface area (Å²) in [4.78, 5) is 13.0. The minimum Gasteiger partial charge on any atom is -0.481 e. The first-order valence-electron chi connectivity index (χ1n) is 9.05. The summed E-state index contributed by atoms with van der Waals surface area (Å²) < 4.78 is 27.1. The Kier molecular flexibility index (Phi) is 7.71. The van der Waals surface area contributed by atoms with Crippen molar-refractivity contribution in [3.05, 3.63) is 24.3 Å². The number of carboxylic acids is 1. The van der Waals surface area contributed by atoms with Crippen molar-refractivity contribution in [1.82, 2.24) is 4.72 Å². The number of aliphatic carboxylic acids is 1. The highest BCUT2D eigenvalue weighted by Gasteiger charge is 2.15. The number of nitrogens with zero attached hydrogens (tertiary/aromatic N) is 1. The number of benzene rings is 1. The van der Waals surface area contributed by atoms with E-state index in [-0.39, 0.29) is 17.9 Å². The fourth-order valence-corrected chi connectivity index (χ4v) is 4.11. The highest BCUT2D eigenvalue weighted by molar-refractivity contribution is 7.89. The van der Waals surface area contributed by atoms with Crippen LogP contribution in [0.25, 0.3) is 0 Å². The molecular weight excluding hydrogens is 340 g/mol. The first-order chi connectivity index (χ1) is 12.0. The van der Waals surface area contributed by atoms with Crippen LogP contribution in [0.3, 0.4) is 0 Å². The van der Waals surface area contributed by atoms with E-state index in [1.54, 1.807) is 12.1 Å². The van der Waals surface area contributed by atoms with E-state index in [1.807, 2.05) is 12.1 Å². The maximum absolute atomic E-state index is 12.3. The Bertz CT molecular complexity index is 636. The monoisotopic (exact) mass is 368 g/mol. The third kappa shape index (κ3) is 6.66. The number of carboxylic acid groups (broad SMARTS) is 1. The van der Waals surface area contributed by atoms with E-state index in [4.69, 9.17) is 5.11 Å². The van der Waals surface area contributed by atoms with Gasteiger partial charge in [-0.25, -0.2) is 13.1 Å². The summed E-state index contributed by atoms with van der Waals surface area (Å²) in [7, 11) is -3.54. The molecule has 140 valence electrons. The standard InChI is InChI=1S/C18H28N2O4S/c21-18(22)8-4-5-13-19-25(23,24)17-11-9-16(10-12-17)20-14-6-2-1-3-7-15-20/h9-12,19H,1-8,13-15H2,(H,21,22). The van der Waals surface area contributed by atoms with Crippen molar-refractivity contribution >= 4 is 21.7 Å². The van der Waals surface area contributed by atoms with Crippen LogP contribution in [0.4, 0.5) is 5.69 Å². The minimum absolute atomic E-state index is 0.0618. The molecule has 1 aliphatic rings. The molecule has 0 unspecified atom stereocenters. The molecule has 1 heterocycles. The number of rotatable bonds is 8. The summed E-state index contributed by atoms with van der Waals surface area (Å²) in [6, 6.07) is 7.04. The summed E-state index contributed by atoms with van der Waals surface area (Å²) in [5.74, 6) is -0.859. The molecule has 2 N–H and O–H groups in total. The summed E-state index contributed by atoms with van der Waals surface area (Å²) in [6.45, 7) is 2.30. The molecule has 7 heteroatoms. The van der Waals surface area contributed by atoms with Gasteiger partial charge in [0, 0.05) is 31.7 Å². The highest BCUT2D eigenvalue weighted by Crippen LogP contribution is 2.21. The molecule has 1 aliphatic heterocycles. The molecule has 0 atom stereocenters. The van der Waals surface area contributed by atoms with Gasteiger partial charge in [0.1, 0.15) is 0 Å². The molecule has 25 heavy (non-hydrogen) atoms. The third-order valence-electron chi connectivity index (χ3n) is 4.48. The van der Waals surface area contributed by atoms with Crippen molar-refractivity contribution in [3.63, 3.8) is 0 Å². The molecule has 0 saturated carbocycles. The van der Waals surface area contributed by atoms with E-state index < -0.39 is 16.0 Å². The van der Waals surface area contributed by atoms with Crippen LogP contribution in [-0.4, -0.2) is 39.1 Å². The van der Waals surface area contributed by atoms with Crippen molar-refractivity contribution in [3.8, 4) is 0 Å². The Hall–Kier alpha value is -1.60. The normalized spacial score (nSPS) is 16.2. The van der Waals surface area contributed by atoms with Crippen molar-refractivity contribution in [2.75, 3.05) is 24.5 Å². The lowest BCUT2D eigenvalue weighted by atomic mass is 10.1. The summed E-state index contributed by atoms with van der Waals surface area (Å²) in [5, 5.41) is 8.57. The first kappa shape index (κ1) is 19.7. The predicted molar refractivity (Wildman–Crippen MR) is 98.4 cm³/mol. The molecule has 2 rings (SSSR count). The van der Waals surface area contributed by atoms with Crippen LogP contribution in [0.2, 0.25) is 0 Å². The maximum Gasteiger partial charge on any atom is 0.303 e. The average molecular weight is 368 g/mol. The lowest BCUT2D eigenvalue weighted by Gasteiger charge is -2.27. The zero-order valence-corrected chi connectivity index (χ0v) is 15.4. The van der Waals surface area contributed by atoms with Crippen LogP contribution in [0.15, 0.2) is 29.2 Å². The van der Waals surface area contributed by atoms with Gasteiger partial charge in [-0.05, 0) is 49.9 Å². The van der Waals surface area contributed by atoms with Crippen LogP contribution >= 0.6 is 0 Å². The van der Waals surface area contributed by atoms with Crippen molar-refractivity contribution in [1.29, 1.82) is 0 Å². The zero-order chi connectivity index (χ0) is 18.1. The molecule has 0 radical (unpaired) electrons. The minimum atomic E-state index is -3.54.